The lowest BCUT2D eigenvalue weighted by Crippen LogP contribution is -2.49. The van der Waals surface area contributed by atoms with E-state index in [9.17, 15) is 18.0 Å². The number of hydrogen-bond acceptors (Lipinski definition) is 5. The Kier molecular flexibility index (Phi) is 8.07. The van der Waals surface area contributed by atoms with Crippen LogP contribution in [0.25, 0.3) is 0 Å². The average Bonchev–Trinajstić information content (AvgIpc) is 3.14. The number of piperidine rings is 2. The SMILES string of the molecule is CCN(CC)S(=O)(=O)N1CCC(C2CCN([C@H]3CC(=O)N(Cc4ccccc4)C3=O)CC2)CC1. The van der Waals surface area contributed by atoms with Crippen LogP contribution in [0.3, 0.4) is 0 Å². The van der Waals surface area contributed by atoms with Crippen LogP contribution < -0.4 is 0 Å². The largest absolute Gasteiger partial charge is 0.292 e. The molecule has 0 unspecified atom stereocenters. The van der Waals surface area contributed by atoms with Gasteiger partial charge in [0.25, 0.3) is 10.2 Å². The molecule has 1 aromatic carbocycles. The summed E-state index contributed by atoms with van der Waals surface area (Å²) in [4.78, 5) is 29.2. The third-order valence-corrected chi connectivity index (χ3v) is 10.1. The Balaban J connectivity index is 1.27. The molecule has 4 rings (SSSR count). The zero-order chi connectivity index (χ0) is 24.3. The van der Waals surface area contributed by atoms with Crippen molar-refractivity contribution in [2.45, 2.75) is 58.5 Å². The zero-order valence-electron chi connectivity index (χ0n) is 20.4. The first-order valence-electron chi connectivity index (χ1n) is 12.7. The average molecular weight is 491 g/mol. The Morgan fingerprint density at radius 2 is 1.44 bits per heavy atom. The molecule has 0 saturated carbocycles. The molecule has 0 N–H and O–H groups in total. The second-order valence-corrected chi connectivity index (χ2v) is 11.7. The fourth-order valence-electron chi connectivity index (χ4n) is 5.88. The number of imide groups is 1. The van der Waals surface area contributed by atoms with Gasteiger partial charge < -0.3 is 0 Å². The van der Waals surface area contributed by atoms with Crippen LogP contribution in [-0.2, 0) is 26.3 Å². The Hall–Kier alpha value is -1.81. The van der Waals surface area contributed by atoms with Gasteiger partial charge in [-0.1, -0.05) is 44.2 Å². The minimum absolute atomic E-state index is 0.0674. The Morgan fingerprint density at radius 1 is 0.882 bits per heavy atom. The van der Waals surface area contributed by atoms with E-state index in [0.717, 1.165) is 44.3 Å². The number of carbonyl (C=O) groups excluding carboxylic acids is 2. The van der Waals surface area contributed by atoms with E-state index in [4.69, 9.17) is 0 Å². The van der Waals surface area contributed by atoms with Crippen LogP contribution in [0.4, 0.5) is 0 Å². The number of rotatable bonds is 8. The van der Waals surface area contributed by atoms with E-state index >= 15 is 0 Å². The summed E-state index contributed by atoms with van der Waals surface area (Å²) in [7, 11) is -3.35. The van der Waals surface area contributed by atoms with Gasteiger partial charge in [-0.05, 0) is 56.2 Å². The highest BCUT2D eigenvalue weighted by Crippen LogP contribution is 2.35. The molecule has 0 bridgehead atoms. The number of nitrogens with zero attached hydrogens (tertiary/aromatic N) is 4. The molecule has 1 atom stereocenters. The van der Waals surface area contributed by atoms with Crippen molar-refractivity contribution in [2.75, 3.05) is 39.3 Å². The number of amides is 2. The van der Waals surface area contributed by atoms with E-state index in [2.05, 4.69) is 4.90 Å². The number of hydrogen-bond donors (Lipinski definition) is 0. The smallest absolute Gasteiger partial charge is 0.281 e. The van der Waals surface area contributed by atoms with Gasteiger partial charge in [-0.2, -0.15) is 17.0 Å². The van der Waals surface area contributed by atoms with Crippen LogP contribution in [0.15, 0.2) is 30.3 Å². The second kappa shape index (κ2) is 10.8. The summed E-state index contributed by atoms with van der Waals surface area (Å²) in [5.41, 5.74) is 0.970. The van der Waals surface area contributed by atoms with Gasteiger partial charge in [0.1, 0.15) is 0 Å². The zero-order valence-corrected chi connectivity index (χ0v) is 21.3. The van der Waals surface area contributed by atoms with Crippen molar-refractivity contribution < 1.29 is 18.0 Å². The van der Waals surface area contributed by atoms with Crippen molar-refractivity contribution in [1.82, 2.24) is 18.4 Å². The molecular weight excluding hydrogens is 452 g/mol. The monoisotopic (exact) mass is 490 g/mol. The van der Waals surface area contributed by atoms with Crippen LogP contribution in [0, 0.1) is 11.8 Å². The number of carbonyl (C=O) groups is 2. The molecule has 9 heteroatoms. The van der Waals surface area contributed by atoms with Crippen LogP contribution >= 0.6 is 0 Å². The van der Waals surface area contributed by atoms with Gasteiger partial charge in [0.2, 0.25) is 11.8 Å². The number of benzene rings is 1. The molecule has 3 aliphatic rings. The molecular formula is C25H38N4O4S. The van der Waals surface area contributed by atoms with Gasteiger partial charge in [-0.3, -0.25) is 19.4 Å². The summed E-state index contributed by atoms with van der Waals surface area (Å²) in [6, 6.07) is 9.32. The molecule has 188 valence electrons. The van der Waals surface area contributed by atoms with Gasteiger partial charge in [0.15, 0.2) is 0 Å². The van der Waals surface area contributed by atoms with Crippen LogP contribution in [-0.4, -0.2) is 84.0 Å². The third kappa shape index (κ3) is 5.22. The molecule has 3 heterocycles. The minimum Gasteiger partial charge on any atom is -0.292 e. The fourth-order valence-corrected chi connectivity index (χ4v) is 7.53. The normalized spacial score (nSPS) is 24.4. The molecule has 0 radical (unpaired) electrons. The van der Waals surface area contributed by atoms with Crippen molar-refractivity contribution >= 4 is 22.0 Å². The van der Waals surface area contributed by atoms with E-state index in [0.29, 0.717) is 44.6 Å². The highest BCUT2D eigenvalue weighted by atomic mass is 32.2. The van der Waals surface area contributed by atoms with Gasteiger partial charge in [-0.15, -0.1) is 0 Å². The predicted molar refractivity (Wildman–Crippen MR) is 131 cm³/mol. The van der Waals surface area contributed by atoms with Crippen LogP contribution in [0.5, 0.6) is 0 Å². The lowest BCUT2D eigenvalue weighted by molar-refractivity contribution is -0.140. The Bertz CT molecular complexity index is 950. The van der Waals surface area contributed by atoms with Gasteiger partial charge in [0.05, 0.1) is 19.0 Å². The fraction of sp³-hybridized carbons (Fsp3) is 0.680. The van der Waals surface area contributed by atoms with E-state index in [-0.39, 0.29) is 24.3 Å². The number of likely N-dealkylation sites (tertiary alicyclic amines) is 2. The molecule has 3 saturated heterocycles. The van der Waals surface area contributed by atoms with Gasteiger partial charge >= 0.3 is 0 Å². The summed E-state index contributed by atoms with van der Waals surface area (Å²) < 4.78 is 28.8. The molecule has 0 aromatic heterocycles. The van der Waals surface area contributed by atoms with Crippen molar-refractivity contribution in [3.05, 3.63) is 35.9 Å². The van der Waals surface area contributed by atoms with E-state index in [1.807, 2.05) is 44.2 Å². The van der Waals surface area contributed by atoms with E-state index in [1.54, 1.807) is 4.31 Å². The molecule has 0 aliphatic carbocycles. The molecule has 3 fully saturated rings. The topological polar surface area (TPSA) is 81.2 Å². The van der Waals surface area contributed by atoms with Crippen molar-refractivity contribution in [3.8, 4) is 0 Å². The highest BCUT2D eigenvalue weighted by Gasteiger charge is 2.43. The van der Waals surface area contributed by atoms with Crippen LogP contribution in [0.2, 0.25) is 0 Å². The first kappa shape index (κ1) is 25.3. The van der Waals surface area contributed by atoms with Gasteiger partial charge in [0, 0.05) is 26.2 Å². The first-order valence-corrected chi connectivity index (χ1v) is 14.1. The van der Waals surface area contributed by atoms with E-state index < -0.39 is 10.2 Å². The van der Waals surface area contributed by atoms with E-state index in [1.165, 1.54) is 9.21 Å². The Morgan fingerprint density at radius 3 is 2.00 bits per heavy atom. The summed E-state index contributed by atoms with van der Waals surface area (Å²) in [6.07, 6.45) is 4.08. The maximum atomic E-state index is 13.0. The maximum absolute atomic E-state index is 13.0. The quantitative estimate of drug-likeness (QED) is 0.523. The minimum atomic E-state index is -3.35. The molecule has 8 nitrogen and oxygen atoms in total. The summed E-state index contributed by atoms with van der Waals surface area (Å²) in [6.45, 7) is 7.94. The molecule has 3 aliphatic heterocycles. The standard InChI is InChI=1S/C25H38N4O4S/c1-3-27(4-2)34(32,33)28-16-12-22(13-17-28)21-10-14-26(15-11-21)23-18-24(30)29(25(23)31)19-20-8-6-5-7-9-20/h5-9,21-23H,3-4,10-19H2,1-2H3/t23-/m0/s1. The molecule has 1 aromatic rings. The molecule has 34 heavy (non-hydrogen) atoms. The lowest BCUT2D eigenvalue weighted by atomic mass is 9.79. The third-order valence-electron chi connectivity index (χ3n) is 7.94. The van der Waals surface area contributed by atoms with Crippen molar-refractivity contribution in [1.29, 1.82) is 0 Å². The summed E-state index contributed by atoms with van der Waals surface area (Å²) >= 11 is 0. The predicted octanol–water partition coefficient (Wildman–Crippen LogP) is 2.32. The summed E-state index contributed by atoms with van der Waals surface area (Å²) in [5, 5.41) is 0. The summed E-state index contributed by atoms with van der Waals surface area (Å²) in [5.74, 6) is 0.938. The Labute approximate surface area is 204 Å². The lowest BCUT2D eigenvalue weighted by Gasteiger charge is -2.41. The molecule has 0 spiro atoms. The maximum Gasteiger partial charge on any atom is 0.281 e. The second-order valence-electron chi connectivity index (χ2n) is 9.73. The van der Waals surface area contributed by atoms with Crippen molar-refractivity contribution in [3.63, 3.8) is 0 Å². The van der Waals surface area contributed by atoms with Crippen molar-refractivity contribution in [2.24, 2.45) is 11.8 Å². The molecule has 2 amide bonds. The van der Waals surface area contributed by atoms with Crippen LogP contribution in [0.1, 0.15) is 51.5 Å². The van der Waals surface area contributed by atoms with Gasteiger partial charge in [-0.25, -0.2) is 0 Å². The highest BCUT2D eigenvalue weighted by molar-refractivity contribution is 7.86. The first-order chi connectivity index (χ1) is 16.3.